The fourth-order valence-corrected chi connectivity index (χ4v) is 6.14. The van der Waals surface area contributed by atoms with Gasteiger partial charge in [-0.25, -0.2) is 14.6 Å². The van der Waals surface area contributed by atoms with Crippen molar-refractivity contribution in [2.24, 2.45) is 5.92 Å². The molecule has 3 atom stereocenters. The zero-order chi connectivity index (χ0) is 23.1. The van der Waals surface area contributed by atoms with Gasteiger partial charge in [-0.15, -0.1) is 0 Å². The molecule has 0 unspecified atom stereocenters. The number of rotatable bonds is 4. The predicted octanol–water partition coefficient (Wildman–Crippen LogP) is 5.75. The number of halogens is 2. The van der Waals surface area contributed by atoms with Crippen LogP contribution in [0.3, 0.4) is 0 Å². The Kier molecular flexibility index (Phi) is 6.51. The molecule has 2 saturated heterocycles. The summed E-state index contributed by atoms with van der Waals surface area (Å²) in [6.45, 7) is 11.0. The molecule has 0 N–H and O–H groups in total. The van der Waals surface area contributed by atoms with Gasteiger partial charge in [0.2, 0.25) is 0 Å². The third-order valence-corrected chi connectivity index (χ3v) is 7.94. The van der Waals surface area contributed by atoms with Gasteiger partial charge in [0, 0.05) is 29.2 Å². The van der Waals surface area contributed by atoms with Gasteiger partial charge >= 0.3 is 0 Å². The summed E-state index contributed by atoms with van der Waals surface area (Å²) in [4.78, 5) is 14.9. The lowest BCUT2D eigenvalue weighted by Gasteiger charge is -2.44. The Balaban J connectivity index is 1.41. The normalized spacial score (nSPS) is 23.2. The van der Waals surface area contributed by atoms with Gasteiger partial charge < -0.3 is 4.90 Å². The maximum atomic E-state index is 6.51. The van der Waals surface area contributed by atoms with Crippen LogP contribution in [0.25, 0.3) is 11.2 Å². The van der Waals surface area contributed by atoms with Gasteiger partial charge in [0.1, 0.15) is 11.3 Å². The van der Waals surface area contributed by atoms with Crippen LogP contribution in [0.1, 0.15) is 56.8 Å². The Morgan fingerprint density at radius 3 is 2.61 bits per heavy atom. The molecule has 0 saturated carbocycles. The Morgan fingerprint density at radius 2 is 1.88 bits per heavy atom. The van der Waals surface area contributed by atoms with Gasteiger partial charge in [-0.1, -0.05) is 42.6 Å². The van der Waals surface area contributed by atoms with Crippen LogP contribution in [0.15, 0.2) is 24.4 Å². The first-order valence-corrected chi connectivity index (χ1v) is 12.8. The molecular weight excluding hydrogens is 455 g/mol. The third kappa shape index (κ3) is 4.45. The van der Waals surface area contributed by atoms with Gasteiger partial charge in [0.25, 0.3) is 0 Å². The van der Waals surface area contributed by atoms with Crippen molar-refractivity contribution in [1.82, 2.24) is 24.6 Å². The molecule has 0 spiro atoms. The number of piperidine rings is 2. The molecule has 8 heteroatoms. The van der Waals surface area contributed by atoms with Crippen LogP contribution < -0.4 is 4.90 Å². The first-order chi connectivity index (χ1) is 15.9. The number of fused-ring (bicyclic) bond motifs is 1. The van der Waals surface area contributed by atoms with Gasteiger partial charge in [-0.3, -0.25) is 4.90 Å². The molecule has 33 heavy (non-hydrogen) atoms. The Labute approximate surface area is 205 Å². The quantitative estimate of drug-likeness (QED) is 0.469. The lowest BCUT2D eigenvalue weighted by Crippen LogP contribution is -2.51. The molecule has 0 amide bonds. The lowest BCUT2D eigenvalue weighted by molar-refractivity contribution is 0.106. The number of aromatic nitrogens is 4. The number of anilines is 1. The van der Waals surface area contributed by atoms with E-state index < -0.39 is 0 Å². The van der Waals surface area contributed by atoms with Crippen molar-refractivity contribution >= 4 is 40.2 Å². The zero-order valence-corrected chi connectivity index (χ0v) is 21.1. The van der Waals surface area contributed by atoms with E-state index in [0.29, 0.717) is 22.0 Å². The van der Waals surface area contributed by atoms with Crippen molar-refractivity contribution in [3.05, 3.63) is 45.7 Å². The number of likely N-dealkylation sites (tertiary alicyclic amines) is 1. The fraction of sp³-hybridized carbons (Fsp3) is 0.560. The first kappa shape index (κ1) is 22.9. The van der Waals surface area contributed by atoms with Crippen molar-refractivity contribution in [1.29, 1.82) is 0 Å². The Morgan fingerprint density at radius 1 is 1.09 bits per heavy atom. The molecule has 1 aromatic carbocycles. The molecular formula is C25H32Cl2N6. The molecule has 0 radical (unpaired) electrons. The second kappa shape index (κ2) is 9.40. The van der Waals surface area contributed by atoms with E-state index in [0.717, 1.165) is 41.3 Å². The average Bonchev–Trinajstić information content (AvgIpc) is 3.15. The van der Waals surface area contributed by atoms with Crippen LogP contribution in [0.5, 0.6) is 0 Å². The topological polar surface area (TPSA) is 50.1 Å². The molecule has 176 valence electrons. The van der Waals surface area contributed by atoms with E-state index in [9.17, 15) is 0 Å². The summed E-state index contributed by atoms with van der Waals surface area (Å²) in [5.74, 6) is 1.54. The summed E-state index contributed by atoms with van der Waals surface area (Å²) in [5, 5.41) is 6.04. The highest BCUT2D eigenvalue weighted by atomic mass is 35.5. The highest BCUT2D eigenvalue weighted by Gasteiger charge is 2.32. The minimum absolute atomic E-state index is 0.0840. The van der Waals surface area contributed by atoms with E-state index in [2.05, 4.69) is 23.6 Å². The Hall–Kier alpha value is -1.89. The Bertz CT molecular complexity index is 1140. The van der Waals surface area contributed by atoms with E-state index in [4.69, 9.17) is 38.3 Å². The largest absolute Gasteiger partial charge is 0.355 e. The van der Waals surface area contributed by atoms with Crippen LogP contribution in [0.2, 0.25) is 10.0 Å². The van der Waals surface area contributed by atoms with Crippen LogP contribution >= 0.6 is 23.2 Å². The van der Waals surface area contributed by atoms with Gasteiger partial charge in [0.15, 0.2) is 5.65 Å². The highest BCUT2D eigenvalue weighted by Crippen LogP contribution is 2.32. The molecule has 0 aliphatic carbocycles. The minimum atomic E-state index is -0.0840. The summed E-state index contributed by atoms with van der Waals surface area (Å²) in [6, 6.07) is 6.20. The molecule has 2 aliphatic rings. The molecule has 3 aromatic rings. The van der Waals surface area contributed by atoms with Crippen molar-refractivity contribution in [3.8, 4) is 0 Å². The smallest absolute Gasteiger partial charge is 0.179 e. The summed E-state index contributed by atoms with van der Waals surface area (Å²) >= 11 is 12.6. The van der Waals surface area contributed by atoms with E-state index in [1.54, 1.807) is 6.07 Å². The third-order valence-electron chi connectivity index (χ3n) is 7.38. The molecule has 0 bridgehead atoms. The maximum absolute atomic E-state index is 6.51. The van der Waals surface area contributed by atoms with E-state index in [-0.39, 0.29) is 6.04 Å². The minimum Gasteiger partial charge on any atom is -0.355 e. The molecule has 5 rings (SSSR count). The van der Waals surface area contributed by atoms with Crippen molar-refractivity contribution in [2.75, 3.05) is 31.1 Å². The number of hydrogen-bond donors (Lipinski definition) is 0. The molecule has 6 nitrogen and oxygen atoms in total. The summed E-state index contributed by atoms with van der Waals surface area (Å²) in [7, 11) is 0. The molecule has 4 heterocycles. The van der Waals surface area contributed by atoms with E-state index in [1.807, 2.05) is 29.9 Å². The van der Waals surface area contributed by atoms with Gasteiger partial charge in [0.05, 0.1) is 17.9 Å². The van der Waals surface area contributed by atoms with Crippen LogP contribution in [0.4, 0.5) is 5.82 Å². The standard InChI is InChI=1S/C25H32Cl2N6/c1-16-15-32(12-9-22(16)31-10-5-4-6-11-31)23-14-28-24-17(2)30-33(25(24)29-23)18(3)20-8-7-19(26)13-21(20)27/h7-8,13-14,16,18,22H,4-6,9-12,15H2,1-3H3/t16-,18+,22+/m0/s1. The molecule has 2 aliphatic heterocycles. The summed E-state index contributed by atoms with van der Waals surface area (Å²) < 4.78 is 1.94. The zero-order valence-electron chi connectivity index (χ0n) is 19.6. The van der Waals surface area contributed by atoms with Crippen LogP contribution in [-0.4, -0.2) is 56.9 Å². The summed E-state index contributed by atoms with van der Waals surface area (Å²) in [5.41, 5.74) is 3.48. The maximum Gasteiger partial charge on any atom is 0.179 e. The van der Waals surface area contributed by atoms with Crippen molar-refractivity contribution < 1.29 is 0 Å². The lowest BCUT2D eigenvalue weighted by atomic mass is 9.91. The van der Waals surface area contributed by atoms with Gasteiger partial charge in [-0.05, 0) is 69.8 Å². The van der Waals surface area contributed by atoms with E-state index >= 15 is 0 Å². The number of hydrogen-bond acceptors (Lipinski definition) is 5. The van der Waals surface area contributed by atoms with Crippen molar-refractivity contribution in [3.63, 3.8) is 0 Å². The molecule has 2 aromatic heterocycles. The van der Waals surface area contributed by atoms with E-state index in [1.165, 1.54) is 38.8 Å². The second-order valence-corrected chi connectivity index (χ2v) is 10.5. The summed E-state index contributed by atoms with van der Waals surface area (Å²) in [6.07, 6.45) is 7.15. The monoisotopic (exact) mass is 486 g/mol. The number of aryl methyl sites for hydroxylation is 1. The SMILES string of the molecule is Cc1nn([C@H](C)c2ccc(Cl)cc2Cl)c2nc(N3CC[C@@H](N4CCCCC4)[C@@H](C)C3)cnc12. The highest BCUT2D eigenvalue weighted by molar-refractivity contribution is 6.35. The number of nitrogens with zero attached hydrogens (tertiary/aromatic N) is 6. The first-order valence-electron chi connectivity index (χ1n) is 12.1. The molecule has 2 fully saturated rings. The van der Waals surface area contributed by atoms with Crippen molar-refractivity contribution in [2.45, 2.75) is 58.5 Å². The fourth-order valence-electron chi connectivity index (χ4n) is 5.57. The second-order valence-electron chi connectivity index (χ2n) is 9.65. The van der Waals surface area contributed by atoms with Gasteiger partial charge in [-0.2, -0.15) is 5.10 Å². The average molecular weight is 487 g/mol. The van der Waals surface area contributed by atoms with Crippen LogP contribution in [0, 0.1) is 12.8 Å². The van der Waals surface area contributed by atoms with Crippen LogP contribution in [-0.2, 0) is 0 Å². The predicted molar refractivity (Wildman–Crippen MR) is 136 cm³/mol. The number of benzene rings is 1.